The fraction of sp³-hybridized carbons (Fsp3) is 0.235. The number of hydrogen-bond acceptors (Lipinski definition) is 2. The third-order valence-electron chi connectivity index (χ3n) is 3.23. The normalized spacial score (nSPS) is 10.8. The zero-order chi connectivity index (χ0) is 17.7. The number of urea groups is 1. The lowest BCUT2D eigenvalue weighted by atomic mass is 10.0. The summed E-state index contributed by atoms with van der Waals surface area (Å²) in [6.45, 7) is 1.25. The van der Waals surface area contributed by atoms with Crippen LogP contribution in [-0.2, 0) is 0 Å². The summed E-state index contributed by atoms with van der Waals surface area (Å²) >= 11 is 3.42. The SMILES string of the molecule is CC(C)c1ccc(NC(=O)Nc2cccc(OC(F)F)c2)c(Br)c1. The third-order valence-corrected chi connectivity index (χ3v) is 3.88. The third kappa shape index (κ3) is 5.19. The average Bonchev–Trinajstić information content (AvgIpc) is 2.48. The van der Waals surface area contributed by atoms with Crippen molar-refractivity contribution in [3.8, 4) is 5.75 Å². The van der Waals surface area contributed by atoms with Crippen molar-refractivity contribution in [3.05, 3.63) is 52.5 Å². The molecular weight excluding hydrogens is 382 g/mol. The summed E-state index contributed by atoms with van der Waals surface area (Å²) in [5.41, 5.74) is 2.10. The fourth-order valence-corrected chi connectivity index (χ4v) is 2.52. The van der Waals surface area contributed by atoms with Crippen LogP contribution in [-0.4, -0.2) is 12.6 Å². The quantitative estimate of drug-likeness (QED) is 0.666. The van der Waals surface area contributed by atoms with Gasteiger partial charge in [0.2, 0.25) is 0 Å². The summed E-state index contributed by atoms with van der Waals surface area (Å²) in [7, 11) is 0. The van der Waals surface area contributed by atoms with Crippen molar-refractivity contribution in [1.82, 2.24) is 0 Å². The molecule has 2 amide bonds. The Morgan fingerprint density at radius 1 is 1.12 bits per heavy atom. The molecule has 2 N–H and O–H groups in total. The summed E-state index contributed by atoms with van der Waals surface area (Å²) in [5, 5.41) is 5.27. The molecule has 0 atom stereocenters. The van der Waals surface area contributed by atoms with E-state index in [0.717, 1.165) is 10.0 Å². The molecule has 0 radical (unpaired) electrons. The summed E-state index contributed by atoms with van der Waals surface area (Å²) in [5.74, 6) is 0.354. The maximum Gasteiger partial charge on any atom is 0.387 e. The molecule has 0 fully saturated rings. The largest absolute Gasteiger partial charge is 0.435 e. The van der Waals surface area contributed by atoms with E-state index in [2.05, 4.69) is 45.1 Å². The number of amides is 2. The molecular formula is C17H17BrF2N2O2. The number of ether oxygens (including phenoxy) is 1. The van der Waals surface area contributed by atoms with E-state index < -0.39 is 12.6 Å². The van der Waals surface area contributed by atoms with Crippen LogP contribution in [0.15, 0.2) is 46.9 Å². The van der Waals surface area contributed by atoms with E-state index in [1.54, 1.807) is 12.1 Å². The van der Waals surface area contributed by atoms with Crippen molar-refractivity contribution < 1.29 is 18.3 Å². The Bertz CT molecular complexity index is 723. The van der Waals surface area contributed by atoms with Crippen LogP contribution in [0.4, 0.5) is 25.0 Å². The van der Waals surface area contributed by atoms with Gasteiger partial charge in [-0.25, -0.2) is 4.79 Å². The molecule has 0 aliphatic heterocycles. The van der Waals surface area contributed by atoms with Gasteiger partial charge in [-0.2, -0.15) is 8.78 Å². The topological polar surface area (TPSA) is 50.4 Å². The molecule has 7 heteroatoms. The number of anilines is 2. The first-order valence-electron chi connectivity index (χ1n) is 7.27. The van der Waals surface area contributed by atoms with Gasteiger partial charge in [-0.05, 0) is 51.7 Å². The van der Waals surface area contributed by atoms with E-state index in [1.165, 1.54) is 18.2 Å². The number of rotatable bonds is 5. The molecule has 4 nitrogen and oxygen atoms in total. The van der Waals surface area contributed by atoms with E-state index in [9.17, 15) is 13.6 Å². The summed E-state index contributed by atoms with van der Waals surface area (Å²) in [6.07, 6.45) is 0. The second-order valence-corrected chi connectivity index (χ2v) is 6.23. The zero-order valence-corrected chi connectivity index (χ0v) is 14.7. The van der Waals surface area contributed by atoms with Gasteiger partial charge in [0.1, 0.15) is 5.75 Å². The molecule has 24 heavy (non-hydrogen) atoms. The first-order chi connectivity index (χ1) is 11.3. The molecule has 0 saturated heterocycles. The van der Waals surface area contributed by atoms with Gasteiger partial charge in [-0.1, -0.05) is 26.0 Å². The van der Waals surface area contributed by atoms with Crippen LogP contribution in [0, 0.1) is 0 Å². The van der Waals surface area contributed by atoms with Crippen molar-refractivity contribution in [2.24, 2.45) is 0 Å². The first-order valence-corrected chi connectivity index (χ1v) is 8.07. The highest BCUT2D eigenvalue weighted by Gasteiger charge is 2.09. The van der Waals surface area contributed by atoms with Crippen LogP contribution in [0.1, 0.15) is 25.3 Å². The number of benzene rings is 2. The summed E-state index contributed by atoms with van der Waals surface area (Å²) in [4.78, 5) is 12.1. The molecule has 2 rings (SSSR count). The molecule has 0 unspecified atom stereocenters. The Labute approximate surface area is 147 Å². The molecule has 0 saturated carbocycles. The van der Waals surface area contributed by atoms with Crippen molar-refractivity contribution in [2.45, 2.75) is 26.4 Å². The molecule has 0 bridgehead atoms. The predicted molar refractivity (Wildman–Crippen MR) is 93.9 cm³/mol. The number of halogens is 3. The Morgan fingerprint density at radius 2 is 1.88 bits per heavy atom. The van der Waals surface area contributed by atoms with Gasteiger partial charge >= 0.3 is 12.6 Å². The van der Waals surface area contributed by atoms with E-state index in [0.29, 0.717) is 17.3 Å². The lowest BCUT2D eigenvalue weighted by Crippen LogP contribution is -2.19. The molecule has 0 aliphatic carbocycles. The highest BCUT2D eigenvalue weighted by atomic mass is 79.9. The number of alkyl halides is 2. The number of carbonyl (C=O) groups is 1. The van der Waals surface area contributed by atoms with Gasteiger partial charge in [0.05, 0.1) is 5.69 Å². The minimum Gasteiger partial charge on any atom is -0.435 e. The number of carbonyl (C=O) groups excluding carboxylic acids is 1. The van der Waals surface area contributed by atoms with Crippen LogP contribution in [0.3, 0.4) is 0 Å². The number of hydrogen-bond donors (Lipinski definition) is 2. The maximum absolute atomic E-state index is 12.2. The first kappa shape index (κ1) is 18.2. The summed E-state index contributed by atoms with van der Waals surface area (Å²) < 4.78 is 29.5. The molecule has 2 aromatic carbocycles. The lowest BCUT2D eigenvalue weighted by molar-refractivity contribution is -0.0497. The fourth-order valence-electron chi connectivity index (χ4n) is 2.03. The van der Waals surface area contributed by atoms with E-state index >= 15 is 0 Å². The van der Waals surface area contributed by atoms with Gasteiger partial charge in [0, 0.05) is 16.2 Å². The van der Waals surface area contributed by atoms with Crippen molar-refractivity contribution in [3.63, 3.8) is 0 Å². The zero-order valence-electron chi connectivity index (χ0n) is 13.1. The monoisotopic (exact) mass is 398 g/mol. The average molecular weight is 399 g/mol. The van der Waals surface area contributed by atoms with Crippen LogP contribution in [0.2, 0.25) is 0 Å². The van der Waals surface area contributed by atoms with Gasteiger partial charge in [-0.3, -0.25) is 0 Å². The van der Waals surface area contributed by atoms with Gasteiger partial charge in [0.25, 0.3) is 0 Å². The minimum atomic E-state index is -2.91. The molecule has 2 aromatic rings. The molecule has 128 valence electrons. The lowest BCUT2D eigenvalue weighted by Gasteiger charge is -2.12. The molecule has 0 aromatic heterocycles. The van der Waals surface area contributed by atoms with Gasteiger partial charge in [0.15, 0.2) is 0 Å². The molecule has 0 spiro atoms. The summed E-state index contributed by atoms with van der Waals surface area (Å²) in [6, 6.07) is 11.0. The standard InChI is InChI=1S/C17H17BrF2N2O2/c1-10(2)11-6-7-15(14(18)8-11)22-17(23)21-12-4-3-5-13(9-12)24-16(19)20/h3-10,16H,1-2H3,(H2,21,22,23). The van der Waals surface area contributed by atoms with Crippen LogP contribution >= 0.6 is 15.9 Å². The predicted octanol–water partition coefficient (Wildman–Crippen LogP) is 5.82. The second-order valence-electron chi connectivity index (χ2n) is 5.38. The van der Waals surface area contributed by atoms with Crippen LogP contribution in [0.5, 0.6) is 5.75 Å². The Kier molecular flexibility index (Phi) is 6.14. The smallest absolute Gasteiger partial charge is 0.387 e. The van der Waals surface area contributed by atoms with E-state index in [4.69, 9.17) is 0 Å². The minimum absolute atomic E-state index is 0.0229. The Balaban J connectivity index is 2.03. The van der Waals surface area contributed by atoms with E-state index in [-0.39, 0.29) is 5.75 Å². The second kappa shape index (κ2) is 8.10. The maximum atomic E-state index is 12.2. The van der Waals surface area contributed by atoms with Crippen molar-refractivity contribution in [1.29, 1.82) is 0 Å². The highest BCUT2D eigenvalue weighted by Crippen LogP contribution is 2.27. The van der Waals surface area contributed by atoms with Crippen LogP contribution in [0.25, 0.3) is 0 Å². The number of nitrogens with one attached hydrogen (secondary N) is 2. The van der Waals surface area contributed by atoms with Crippen molar-refractivity contribution >= 4 is 33.3 Å². The van der Waals surface area contributed by atoms with Crippen LogP contribution < -0.4 is 15.4 Å². The molecule has 0 heterocycles. The molecule has 0 aliphatic rings. The Hall–Kier alpha value is -2.15. The van der Waals surface area contributed by atoms with Gasteiger partial charge in [-0.15, -0.1) is 0 Å². The van der Waals surface area contributed by atoms with E-state index in [1.807, 2.05) is 12.1 Å². The highest BCUT2D eigenvalue weighted by molar-refractivity contribution is 9.10. The van der Waals surface area contributed by atoms with Gasteiger partial charge < -0.3 is 15.4 Å². The van der Waals surface area contributed by atoms with Crippen molar-refractivity contribution in [2.75, 3.05) is 10.6 Å². The Morgan fingerprint density at radius 3 is 2.50 bits per heavy atom.